The van der Waals surface area contributed by atoms with Gasteiger partial charge in [0.2, 0.25) is 0 Å². The summed E-state index contributed by atoms with van der Waals surface area (Å²) in [5.74, 6) is -1.46. The third kappa shape index (κ3) is 3.68. The predicted molar refractivity (Wildman–Crippen MR) is 76.2 cm³/mol. The highest BCUT2D eigenvalue weighted by atomic mass is 19.1. The van der Waals surface area contributed by atoms with E-state index in [9.17, 15) is 13.6 Å². The molecule has 0 unspecified atom stereocenters. The summed E-state index contributed by atoms with van der Waals surface area (Å²) in [6.07, 6.45) is 1.04. The molecule has 1 atom stereocenters. The van der Waals surface area contributed by atoms with Crippen LogP contribution in [0, 0.1) is 11.6 Å². The van der Waals surface area contributed by atoms with Gasteiger partial charge in [0.1, 0.15) is 18.5 Å². The van der Waals surface area contributed by atoms with Crippen LogP contribution in [0.5, 0.6) is 5.75 Å². The van der Waals surface area contributed by atoms with Crippen molar-refractivity contribution in [2.24, 2.45) is 0 Å². The SMILES string of the molecule is O=C(c1ccco1)N1CCO[C@@H](COc2ccc(F)cc2F)C1. The zero-order valence-corrected chi connectivity index (χ0v) is 12.2. The number of halogens is 2. The molecule has 5 nitrogen and oxygen atoms in total. The van der Waals surface area contributed by atoms with Crippen LogP contribution in [0.1, 0.15) is 10.6 Å². The molecule has 1 aromatic carbocycles. The molecule has 1 aliphatic heterocycles. The molecule has 1 aliphatic rings. The molecule has 3 rings (SSSR count). The minimum atomic E-state index is -0.774. The van der Waals surface area contributed by atoms with Gasteiger partial charge in [0.15, 0.2) is 17.3 Å². The highest BCUT2D eigenvalue weighted by molar-refractivity contribution is 5.91. The second-order valence-electron chi connectivity index (χ2n) is 5.11. The average Bonchev–Trinajstić information content (AvgIpc) is 3.08. The van der Waals surface area contributed by atoms with E-state index in [4.69, 9.17) is 13.9 Å². The Kier molecular flexibility index (Phi) is 4.57. The normalized spacial score (nSPS) is 18.0. The van der Waals surface area contributed by atoms with Gasteiger partial charge in [-0.2, -0.15) is 0 Å². The largest absolute Gasteiger partial charge is 0.488 e. The topological polar surface area (TPSA) is 51.9 Å². The number of furan rings is 1. The van der Waals surface area contributed by atoms with Crippen LogP contribution >= 0.6 is 0 Å². The van der Waals surface area contributed by atoms with Crippen molar-refractivity contribution in [3.05, 3.63) is 54.0 Å². The lowest BCUT2D eigenvalue weighted by Crippen LogP contribution is -2.47. The van der Waals surface area contributed by atoms with Gasteiger partial charge in [0.05, 0.1) is 19.4 Å². The summed E-state index contributed by atoms with van der Waals surface area (Å²) in [7, 11) is 0. The zero-order chi connectivity index (χ0) is 16.2. The molecule has 1 amide bonds. The first-order valence-corrected chi connectivity index (χ1v) is 7.16. The monoisotopic (exact) mass is 323 g/mol. The van der Waals surface area contributed by atoms with E-state index >= 15 is 0 Å². The number of hydrogen-bond acceptors (Lipinski definition) is 4. The van der Waals surface area contributed by atoms with Gasteiger partial charge in [-0.25, -0.2) is 8.78 Å². The summed E-state index contributed by atoms with van der Waals surface area (Å²) < 4.78 is 42.3. The second-order valence-corrected chi connectivity index (χ2v) is 5.11. The summed E-state index contributed by atoms with van der Waals surface area (Å²) in [4.78, 5) is 13.8. The molecule has 0 spiro atoms. The smallest absolute Gasteiger partial charge is 0.289 e. The molecule has 7 heteroatoms. The molecule has 2 heterocycles. The molecular weight excluding hydrogens is 308 g/mol. The van der Waals surface area contributed by atoms with Gasteiger partial charge in [-0.05, 0) is 24.3 Å². The molecule has 0 N–H and O–H groups in total. The van der Waals surface area contributed by atoms with Crippen molar-refractivity contribution in [1.29, 1.82) is 0 Å². The van der Waals surface area contributed by atoms with Gasteiger partial charge in [-0.15, -0.1) is 0 Å². The number of ether oxygens (including phenoxy) is 2. The summed E-state index contributed by atoms with van der Waals surface area (Å²) in [6, 6.07) is 6.33. The van der Waals surface area contributed by atoms with Crippen LogP contribution < -0.4 is 4.74 Å². The van der Waals surface area contributed by atoms with Gasteiger partial charge in [0, 0.05) is 12.6 Å². The number of carbonyl (C=O) groups is 1. The van der Waals surface area contributed by atoms with Crippen molar-refractivity contribution in [3.8, 4) is 5.75 Å². The average molecular weight is 323 g/mol. The van der Waals surface area contributed by atoms with E-state index in [1.165, 1.54) is 12.3 Å². The van der Waals surface area contributed by atoms with E-state index in [1.807, 2.05) is 0 Å². The van der Waals surface area contributed by atoms with Crippen molar-refractivity contribution < 1.29 is 27.5 Å². The van der Waals surface area contributed by atoms with Crippen LogP contribution in [-0.4, -0.2) is 43.2 Å². The van der Waals surface area contributed by atoms with Crippen molar-refractivity contribution in [1.82, 2.24) is 4.90 Å². The maximum Gasteiger partial charge on any atom is 0.289 e. The number of hydrogen-bond donors (Lipinski definition) is 0. The van der Waals surface area contributed by atoms with Crippen molar-refractivity contribution in [2.45, 2.75) is 6.10 Å². The van der Waals surface area contributed by atoms with Crippen LogP contribution in [0.25, 0.3) is 0 Å². The lowest BCUT2D eigenvalue weighted by Gasteiger charge is -2.32. The molecule has 0 radical (unpaired) electrons. The minimum Gasteiger partial charge on any atom is -0.488 e. The van der Waals surface area contributed by atoms with Crippen molar-refractivity contribution >= 4 is 5.91 Å². The van der Waals surface area contributed by atoms with Crippen LogP contribution in [0.3, 0.4) is 0 Å². The second kappa shape index (κ2) is 6.78. The quantitative estimate of drug-likeness (QED) is 0.867. The van der Waals surface area contributed by atoms with E-state index in [0.29, 0.717) is 19.7 Å². The van der Waals surface area contributed by atoms with Crippen LogP contribution in [-0.2, 0) is 4.74 Å². The molecule has 0 aliphatic carbocycles. The fourth-order valence-electron chi connectivity index (χ4n) is 2.34. The van der Waals surface area contributed by atoms with Gasteiger partial charge < -0.3 is 18.8 Å². The molecule has 0 bridgehead atoms. The standard InChI is InChI=1S/C16H15F2NO4/c17-11-3-4-14(13(18)8-11)23-10-12-9-19(5-7-21-12)16(20)15-2-1-6-22-15/h1-4,6,8,12H,5,7,9-10H2/t12-/m1/s1. The molecule has 1 saturated heterocycles. The Labute approximate surface area is 131 Å². The molecule has 0 saturated carbocycles. The highest BCUT2D eigenvalue weighted by Gasteiger charge is 2.27. The molecule has 2 aromatic rings. The zero-order valence-electron chi connectivity index (χ0n) is 12.2. The fourth-order valence-corrected chi connectivity index (χ4v) is 2.34. The van der Waals surface area contributed by atoms with Gasteiger partial charge in [-0.3, -0.25) is 4.79 Å². The molecule has 1 aromatic heterocycles. The lowest BCUT2D eigenvalue weighted by atomic mass is 10.2. The lowest BCUT2D eigenvalue weighted by molar-refractivity contribution is -0.0412. The number of benzene rings is 1. The third-order valence-corrected chi connectivity index (χ3v) is 3.48. The Morgan fingerprint density at radius 1 is 1.35 bits per heavy atom. The first kappa shape index (κ1) is 15.5. The maximum absolute atomic E-state index is 13.5. The van der Waals surface area contributed by atoms with E-state index in [1.54, 1.807) is 17.0 Å². The Hall–Kier alpha value is -2.41. The van der Waals surface area contributed by atoms with Gasteiger partial charge in [-0.1, -0.05) is 0 Å². The number of morpholine rings is 1. The van der Waals surface area contributed by atoms with Crippen molar-refractivity contribution in [3.63, 3.8) is 0 Å². The molecule has 1 fully saturated rings. The van der Waals surface area contributed by atoms with Gasteiger partial charge >= 0.3 is 0 Å². The highest BCUT2D eigenvalue weighted by Crippen LogP contribution is 2.19. The minimum absolute atomic E-state index is 0.0514. The molecule has 122 valence electrons. The van der Waals surface area contributed by atoms with E-state index in [0.717, 1.165) is 12.1 Å². The summed E-state index contributed by atoms with van der Waals surface area (Å²) in [6.45, 7) is 1.17. The first-order valence-electron chi connectivity index (χ1n) is 7.16. The first-order chi connectivity index (χ1) is 11.1. The Bertz CT molecular complexity index is 675. The maximum atomic E-state index is 13.5. The molecule has 23 heavy (non-hydrogen) atoms. The number of nitrogens with zero attached hydrogens (tertiary/aromatic N) is 1. The number of rotatable bonds is 4. The van der Waals surface area contributed by atoms with E-state index < -0.39 is 17.7 Å². The number of carbonyl (C=O) groups excluding carboxylic acids is 1. The van der Waals surface area contributed by atoms with E-state index in [2.05, 4.69) is 0 Å². The van der Waals surface area contributed by atoms with Crippen LogP contribution in [0.15, 0.2) is 41.0 Å². The van der Waals surface area contributed by atoms with Crippen molar-refractivity contribution in [2.75, 3.05) is 26.3 Å². The van der Waals surface area contributed by atoms with E-state index in [-0.39, 0.29) is 24.0 Å². The van der Waals surface area contributed by atoms with Gasteiger partial charge in [0.25, 0.3) is 5.91 Å². The Balaban J connectivity index is 1.57. The summed E-state index contributed by atoms with van der Waals surface area (Å²) in [5, 5.41) is 0. The summed E-state index contributed by atoms with van der Waals surface area (Å²) >= 11 is 0. The fraction of sp³-hybridized carbons (Fsp3) is 0.312. The van der Waals surface area contributed by atoms with Crippen LogP contribution in [0.4, 0.5) is 8.78 Å². The predicted octanol–water partition coefficient (Wildman–Crippen LogP) is 2.48. The third-order valence-electron chi connectivity index (χ3n) is 3.48. The molecular formula is C16H15F2NO4. The number of amides is 1. The Morgan fingerprint density at radius 2 is 2.22 bits per heavy atom. The Morgan fingerprint density at radius 3 is 2.96 bits per heavy atom. The summed E-state index contributed by atoms with van der Waals surface area (Å²) in [5.41, 5.74) is 0. The van der Waals surface area contributed by atoms with Crippen LogP contribution in [0.2, 0.25) is 0 Å².